The van der Waals surface area contributed by atoms with Gasteiger partial charge in [0.2, 0.25) is 0 Å². The summed E-state index contributed by atoms with van der Waals surface area (Å²) in [4.78, 5) is 55.2. The Bertz CT molecular complexity index is 1630. The van der Waals surface area contributed by atoms with E-state index in [1.54, 1.807) is 75.4 Å². The van der Waals surface area contributed by atoms with Crippen LogP contribution in [0, 0.1) is 0 Å². The van der Waals surface area contributed by atoms with Crippen LogP contribution in [0.15, 0.2) is 69.6 Å². The van der Waals surface area contributed by atoms with E-state index in [2.05, 4.69) is 4.99 Å². The van der Waals surface area contributed by atoms with E-state index in [-0.39, 0.29) is 17.2 Å². The van der Waals surface area contributed by atoms with Gasteiger partial charge in [-0.2, -0.15) is 0 Å². The summed E-state index contributed by atoms with van der Waals surface area (Å²) >= 11 is 1.18. The van der Waals surface area contributed by atoms with Crippen LogP contribution in [0.3, 0.4) is 0 Å². The molecule has 0 saturated carbocycles. The van der Waals surface area contributed by atoms with Crippen molar-refractivity contribution >= 4 is 35.3 Å². The van der Waals surface area contributed by atoms with Crippen LogP contribution in [0.25, 0.3) is 6.08 Å². The number of carbonyl (C=O) groups is 3. The summed E-state index contributed by atoms with van der Waals surface area (Å²) in [6.45, 7) is 6.50. The smallest absolute Gasteiger partial charge is 0.338 e. The van der Waals surface area contributed by atoms with Gasteiger partial charge in [-0.05, 0) is 62.2 Å². The van der Waals surface area contributed by atoms with E-state index in [4.69, 9.17) is 14.2 Å². The van der Waals surface area contributed by atoms with Gasteiger partial charge in [-0.15, -0.1) is 0 Å². The SMILES string of the molecule is COC(=O)c1ccc(C2C(C(=O)OC(C)C)=C(C)N=c3sc(=Cc4cccc(OC(C)=O)c4)c(=O)n32)cc1. The molecule has 4 rings (SSSR count). The number of hydrogen-bond donors (Lipinski definition) is 0. The molecule has 1 aromatic heterocycles. The molecule has 0 spiro atoms. The molecule has 1 aliphatic heterocycles. The maximum atomic E-state index is 13.7. The van der Waals surface area contributed by atoms with E-state index < -0.39 is 23.9 Å². The van der Waals surface area contributed by atoms with Gasteiger partial charge in [0.15, 0.2) is 4.80 Å². The molecule has 2 aromatic carbocycles. The average Bonchev–Trinajstić information content (AvgIpc) is 3.16. The second-order valence-corrected chi connectivity index (χ2v) is 9.82. The fourth-order valence-corrected chi connectivity index (χ4v) is 5.13. The molecule has 0 fully saturated rings. The average molecular weight is 535 g/mol. The van der Waals surface area contributed by atoms with Crippen molar-refractivity contribution in [3.8, 4) is 5.75 Å². The molecule has 0 amide bonds. The van der Waals surface area contributed by atoms with Crippen molar-refractivity contribution in [2.24, 2.45) is 4.99 Å². The number of rotatable bonds is 6. The molecule has 0 radical (unpaired) electrons. The fourth-order valence-electron chi connectivity index (χ4n) is 4.08. The Hall–Kier alpha value is -4.31. The Morgan fingerprint density at radius 1 is 1.08 bits per heavy atom. The molecule has 38 heavy (non-hydrogen) atoms. The van der Waals surface area contributed by atoms with E-state index >= 15 is 0 Å². The Labute approximate surface area is 222 Å². The van der Waals surface area contributed by atoms with Crippen molar-refractivity contribution in [3.05, 3.63) is 96.2 Å². The van der Waals surface area contributed by atoms with Gasteiger partial charge in [0, 0.05) is 6.92 Å². The van der Waals surface area contributed by atoms with E-state index in [0.29, 0.717) is 37.5 Å². The minimum Gasteiger partial charge on any atom is -0.465 e. The molecule has 0 aliphatic carbocycles. The van der Waals surface area contributed by atoms with Crippen molar-refractivity contribution in [2.75, 3.05) is 7.11 Å². The lowest BCUT2D eigenvalue weighted by Gasteiger charge is -2.25. The number of allylic oxidation sites excluding steroid dienone is 1. The molecule has 1 aliphatic rings. The van der Waals surface area contributed by atoms with Gasteiger partial charge < -0.3 is 14.2 Å². The van der Waals surface area contributed by atoms with Crippen LogP contribution in [0.5, 0.6) is 5.75 Å². The second kappa shape index (κ2) is 11.0. The largest absolute Gasteiger partial charge is 0.465 e. The summed E-state index contributed by atoms with van der Waals surface area (Å²) in [5, 5.41) is 0. The van der Waals surface area contributed by atoms with Crippen molar-refractivity contribution in [1.82, 2.24) is 4.57 Å². The fraction of sp³-hybridized carbons (Fsp3) is 0.250. The Morgan fingerprint density at radius 2 is 1.79 bits per heavy atom. The number of ether oxygens (including phenoxy) is 3. The number of methoxy groups -OCH3 is 1. The molecule has 0 N–H and O–H groups in total. The van der Waals surface area contributed by atoms with Crippen LogP contribution in [0.2, 0.25) is 0 Å². The third-order valence-electron chi connectivity index (χ3n) is 5.65. The molecule has 1 atom stereocenters. The zero-order valence-corrected chi connectivity index (χ0v) is 22.3. The minimum absolute atomic E-state index is 0.236. The first-order valence-electron chi connectivity index (χ1n) is 11.8. The second-order valence-electron chi connectivity index (χ2n) is 8.82. The van der Waals surface area contributed by atoms with Gasteiger partial charge in [-0.1, -0.05) is 35.6 Å². The summed E-state index contributed by atoms with van der Waals surface area (Å²) in [6.07, 6.45) is 1.30. The minimum atomic E-state index is -0.821. The van der Waals surface area contributed by atoms with Gasteiger partial charge in [-0.25, -0.2) is 14.6 Å². The number of nitrogens with zero attached hydrogens (tertiary/aromatic N) is 2. The van der Waals surface area contributed by atoms with Crippen molar-refractivity contribution in [3.63, 3.8) is 0 Å². The number of thiazole rings is 1. The van der Waals surface area contributed by atoms with E-state index in [1.807, 2.05) is 0 Å². The van der Waals surface area contributed by atoms with Gasteiger partial charge in [0.25, 0.3) is 5.56 Å². The van der Waals surface area contributed by atoms with Crippen molar-refractivity contribution in [2.45, 2.75) is 39.8 Å². The number of aromatic nitrogens is 1. The molecular weight excluding hydrogens is 508 g/mol. The molecule has 1 unspecified atom stereocenters. The quantitative estimate of drug-likeness (QED) is 0.353. The first-order chi connectivity index (χ1) is 18.1. The predicted molar refractivity (Wildman–Crippen MR) is 141 cm³/mol. The highest BCUT2D eigenvalue weighted by molar-refractivity contribution is 7.07. The van der Waals surface area contributed by atoms with Crippen LogP contribution >= 0.6 is 11.3 Å². The topological polar surface area (TPSA) is 113 Å². The summed E-state index contributed by atoms with van der Waals surface area (Å²) < 4.78 is 17.3. The molecule has 2 heterocycles. The highest BCUT2D eigenvalue weighted by Gasteiger charge is 2.34. The highest BCUT2D eigenvalue weighted by Crippen LogP contribution is 2.31. The summed E-state index contributed by atoms with van der Waals surface area (Å²) in [6, 6.07) is 12.5. The summed E-state index contributed by atoms with van der Waals surface area (Å²) in [5.41, 5.74) is 1.91. The van der Waals surface area contributed by atoms with Crippen LogP contribution in [0.4, 0.5) is 0 Å². The van der Waals surface area contributed by atoms with Gasteiger partial charge >= 0.3 is 17.9 Å². The van der Waals surface area contributed by atoms with E-state index in [0.717, 1.165) is 0 Å². The van der Waals surface area contributed by atoms with Gasteiger partial charge in [0.05, 0.1) is 40.6 Å². The standard InChI is InChI=1S/C28H26N2O7S/c1-15(2)36-27(34)23-16(3)29-28-30(24(23)19-9-11-20(12-10-19)26(33)35-5)25(32)22(38-28)14-18-7-6-8-21(13-18)37-17(4)31/h6-15,24H,1-5H3. The maximum Gasteiger partial charge on any atom is 0.338 e. The Balaban J connectivity index is 1.89. The van der Waals surface area contributed by atoms with Gasteiger partial charge in [0.1, 0.15) is 5.75 Å². The lowest BCUT2D eigenvalue weighted by molar-refractivity contribution is -0.143. The van der Waals surface area contributed by atoms with Gasteiger partial charge in [-0.3, -0.25) is 14.2 Å². The van der Waals surface area contributed by atoms with E-state index in [1.165, 1.54) is 29.9 Å². The summed E-state index contributed by atoms with van der Waals surface area (Å²) in [7, 11) is 1.29. The molecular formula is C28H26N2O7S. The van der Waals surface area contributed by atoms with Crippen LogP contribution in [-0.4, -0.2) is 35.7 Å². The number of esters is 3. The van der Waals surface area contributed by atoms with Crippen LogP contribution in [-0.2, 0) is 19.1 Å². The number of benzene rings is 2. The highest BCUT2D eigenvalue weighted by atomic mass is 32.1. The number of fused-ring (bicyclic) bond motifs is 1. The Kier molecular flexibility index (Phi) is 7.72. The monoisotopic (exact) mass is 534 g/mol. The predicted octanol–water partition coefficient (Wildman–Crippen LogP) is 2.90. The van der Waals surface area contributed by atoms with Crippen LogP contribution < -0.4 is 19.6 Å². The lowest BCUT2D eigenvalue weighted by atomic mass is 9.95. The van der Waals surface area contributed by atoms with E-state index in [9.17, 15) is 19.2 Å². The first-order valence-corrected chi connectivity index (χ1v) is 12.6. The third-order valence-corrected chi connectivity index (χ3v) is 6.63. The molecule has 3 aromatic rings. The lowest BCUT2D eigenvalue weighted by Crippen LogP contribution is -2.40. The molecule has 196 valence electrons. The zero-order valence-electron chi connectivity index (χ0n) is 21.5. The first kappa shape index (κ1) is 26.7. The number of hydrogen-bond acceptors (Lipinski definition) is 9. The molecule has 0 bridgehead atoms. The van der Waals surface area contributed by atoms with Crippen molar-refractivity contribution < 1.29 is 28.6 Å². The van der Waals surface area contributed by atoms with Crippen LogP contribution in [0.1, 0.15) is 55.2 Å². The molecule has 0 saturated heterocycles. The maximum absolute atomic E-state index is 13.7. The third kappa shape index (κ3) is 5.50. The summed E-state index contributed by atoms with van der Waals surface area (Å²) in [5.74, 6) is -1.16. The number of carbonyl (C=O) groups excluding carboxylic acids is 3. The molecule has 10 heteroatoms. The molecule has 9 nitrogen and oxygen atoms in total. The normalized spacial score (nSPS) is 15.1. The Morgan fingerprint density at radius 3 is 2.42 bits per heavy atom. The van der Waals surface area contributed by atoms with Crippen molar-refractivity contribution in [1.29, 1.82) is 0 Å². The zero-order chi connectivity index (χ0) is 27.6.